The summed E-state index contributed by atoms with van der Waals surface area (Å²) in [6, 6.07) is 0. The highest BCUT2D eigenvalue weighted by Gasteiger charge is 2.59. The van der Waals surface area contributed by atoms with Gasteiger partial charge in [-0.1, -0.05) is 0 Å². The molecule has 0 aliphatic rings. The summed E-state index contributed by atoms with van der Waals surface area (Å²) in [5, 5.41) is -2.74. The molecular weight excluding hydrogens is 338 g/mol. The molecule has 62 valence electrons. The summed E-state index contributed by atoms with van der Waals surface area (Å²) in [4.78, 5) is 0. The van der Waals surface area contributed by atoms with Crippen molar-refractivity contribution < 1.29 is 22.0 Å². The Kier molecular flexibility index (Phi) is 3.34. The second kappa shape index (κ2) is 3.08. The molecule has 0 saturated carbocycles. The van der Waals surface area contributed by atoms with E-state index in [-0.39, 0.29) is 0 Å². The smallest absolute Gasteiger partial charge is 0.230 e. The maximum atomic E-state index is 12.2. The van der Waals surface area contributed by atoms with Crippen molar-refractivity contribution in [3.05, 3.63) is 0 Å². The van der Waals surface area contributed by atoms with E-state index in [1.165, 1.54) is 0 Å². The van der Waals surface area contributed by atoms with Gasteiger partial charge in [0.05, 0.1) is 0 Å². The largest absolute Gasteiger partial charge is 0.435 e. The first-order valence-electron chi connectivity index (χ1n) is 1.92. The van der Waals surface area contributed by atoms with Gasteiger partial charge >= 0.3 is 6.18 Å². The zero-order valence-electron chi connectivity index (χ0n) is 4.22. The minimum Gasteiger partial charge on any atom is -0.230 e. The standard InChI is InChI=1S/C3HBrF5I/c4-1(5)2(6,10)3(7,8)9/h1H. The SMILES string of the molecule is FC(Br)C(F)(I)C(F)(F)F. The highest BCUT2D eigenvalue weighted by Crippen LogP contribution is 2.45. The second-order valence-corrected chi connectivity index (χ2v) is 3.80. The maximum absolute atomic E-state index is 12.2. The molecule has 7 heteroatoms. The first kappa shape index (κ1) is 10.9. The van der Waals surface area contributed by atoms with E-state index in [9.17, 15) is 22.0 Å². The van der Waals surface area contributed by atoms with Crippen molar-refractivity contribution in [3.63, 3.8) is 0 Å². The third-order valence-corrected chi connectivity index (χ3v) is 3.30. The van der Waals surface area contributed by atoms with Gasteiger partial charge in [-0.05, 0) is 38.5 Å². The molecule has 0 N–H and O–H groups in total. The van der Waals surface area contributed by atoms with Gasteiger partial charge in [0.2, 0.25) is 5.08 Å². The maximum Gasteiger partial charge on any atom is 0.435 e. The highest BCUT2D eigenvalue weighted by molar-refractivity contribution is 14.1. The van der Waals surface area contributed by atoms with Gasteiger partial charge in [-0.25, -0.2) is 8.78 Å². The molecule has 10 heavy (non-hydrogen) atoms. The van der Waals surface area contributed by atoms with Crippen LogP contribution in [0.4, 0.5) is 22.0 Å². The molecule has 0 aromatic heterocycles. The molecule has 0 aliphatic carbocycles. The summed E-state index contributed by atoms with van der Waals surface area (Å²) < 4.78 is 54.4. The average molecular weight is 339 g/mol. The van der Waals surface area contributed by atoms with Crippen LogP contribution in [0.1, 0.15) is 0 Å². The fraction of sp³-hybridized carbons (Fsp3) is 1.00. The summed E-state index contributed by atoms with van der Waals surface area (Å²) in [6.45, 7) is 0. The third kappa shape index (κ3) is 2.18. The van der Waals surface area contributed by atoms with E-state index < -0.39 is 14.9 Å². The van der Waals surface area contributed by atoms with Crippen molar-refractivity contribution in [1.29, 1.82) is 0 Å². The molecule has 0 aromatic rings. The lowest BCUT2D eigenvalue weighted by Gasteiger charge is -2.21. The van der Waals surface area contributed by atoms with Crippen LogP contribution in [0.5, 0.6) is 0 Å². The lowest BCUT2D eigenvalue weighted by Crippen LogP contribution is -2.40. The monoisotopic (exact) mass is 338 g/mol. The highest BCUT2D eigenvalue weighted by atomic mass is 127. The molecule has 0 amide bonds. The Bertz CT molecular complexity index is 119. The summed E-state index contributed by atoms with van der Waals surface area (Å²) in [5.74, 6) is 0. The van der Waals surface area contributed by atoms with E-state index in [1.807, 2.05) is 15.9 Å². The van der Waals surface area contributed by atoms with Gasteiger partial charge < -0.3 is 0 Å². The lowest BCUT2D eigenvalue weighted by molar-refractivity contribution is -0.194. The topological polar surface area (TPSA) is 0 Å². The van der Waals surface area contributed by atoms with Crippen molar-refractivity contribution in [2.75, 3.05) is 0 Å². The van der Waals surface area contributed by atoms with Crippen molar-refractivity contribution in [3.8, 4) is 0 Å². The van der Waals surface area contributed by atoms with Gasteiger partial charge in [-0.15, -0.1) is 0 Å². The van der Waals surface area contributed by atoms with E-state index in [4.69, 9.17) is 0 Å². The molecule has 2 unspecified atom stereocenters. The van der Waals surface area contributed by atoms with E-state index in [0.717, 1.165) is 0 Å². The Morgan fingerprint density at radius 3 is 1.50 bits per heavy atom. The van der Waals surface area contributed by atoms with Crippen LogP contribution in [0.25, 0.3) is 0 Å². The van der Waals surface area contributed by atoms with Crippen LogP contribution in [0.3, 0.4) is 0 Å². The quantitative estimate of drug-likeness (QED) is 0.391. The van der Waals surface area contributed by atoms with Crippen molar-refractivity contribution in [2.24, 2.45) is 0 Å². The van der Waals surface area contributed by atoms with E-state index in [0.29, 0.717) is 22.6 Å². The molecular formula is C3HBrF5I. The number of rotatable bonds is 1. The molecule has 2 atom stereocenters. The van der Waals surface area contributed by atoms with Gasteiger partial charge in [0, 0.05) is 0 Å². The average Bonchev–Trinajstić information content (AvgIpc) is 1.62. The molecule has 0 bridgehead atoms. The zero-order valence-corrected chi connectivity index (χ0v) is 7.97. The Labute approximate surface area is 75.4 Å². The molecule has 0 aromatic carbocycles. The number of alkyl halides is 7. The van der Waals surface area contributed by atoms with E-state index >= 15 is 0 Å². The Morgan fingerprint density at radius 1 is 1.20 bits per heavy atom. The summed E-state index contributed by atoms with van der Waals surface area (Å²) in [7, 11) is 0. The fourth-order valence-corrected chi connectivity index (χ4v) is 0.383. The molecule has 0 spiro atoms. The van der Waals surface area contributed by atoms with Crippen LogP contribution in [0.2, 0.25) is 0 Å². The van der Waals surface area contributed by atoms with Crippen LogP contribution in [-0.2, 0) is 0 Å². The third-order valence-electron chi connectivity index (χ3n) is 0.652. The predicted octanol–water partition coefficient (Wildman–Crippen LogP) is 3.34. The van der Waals surface area contributed by atoms with Crippen LogP contribution < -0.4 is 0 Å². The Hall–Kier alpha value is 0.860. The number of halogens is 7. The second-order valence-electron chi connectivity index (χ2n) is 1.42. The molecule has 0 heterocycles. The van der Waals surface area contributed by atoms with Crippen LogP contribution >= 0.6 is 38.5 Å². The number of hydrogen-bond acceptors (Lipinski definition) is 0. The molecule has 0 radical (unpaired) electrons. The normalized spacial score (nSPS) is 21.9. The molecule has 0 saturated heterocycles. The Morgan fingerprint density at radius 2 is 1.50 bits per heavy atom. The molecule has 0 rings (SSSR count). The van der Waals surface area contributed by atoms with Gasteiger partial charge in [0.15, 0.2) is 0 Å². The van der Waals surface area contributed by atoms with Crippen LogP contribution in [0.15, 0.2) is 0 Å². The molecule has 0 fully saturated rings. The summed E-state index contributed by atoms with van der Waals surface area (Å²) in [6.07, 6.45) is -5.18. The van der Waals surface area contributed by atoms with Crippen LogP contribution in [-0.4, -0.2) is 14.9 Å². The first-order chi connectivity index (χ1) is 4.19. The van der Waals surface area contributed by atoms with E-state index in [1.54, 1.807) is 0 Å². The lowest BCUT2D eigenvalue weighted by atomic mass is 10.4. The predicted molar refractivity (Wildman–Crippen MR) is 37.7 cm³/mol. The van der Waals surface area contributed by atoms with Crippen LogP contribution in [0, 0.1) is 0 Å². The minimum absolute atomic E-state index is 0.359. The van der Waals surface area contributed by atoms with Gasteiger partial charge in [0.1, 0.15) is 0 Å². The minimum atomic E-state index is -5.18. The van der Waals surface area contributed by atoms with Gasteiger partial charge in [0.25, 0.3) is 3.68 Å². The summed E-state index contributed by atoms with van der Waals surface area (Å²) in [5.41, 5.74) is 0. The molecule has 0 aliphatic heterocycles. The van der Waals surface area contributed by atoms with Crippen molar-refractivity contribution >= 4 is 38.5 Å². The number of hydrogen-bond donors (Lipinski definition) is 0. The Balaban J connectivity index is 4.40. The first-order valence-corrected chi connectivity index (χ1v) is 3.91. The van der Waals surface area contributed by atoms with Gasteiger partial charge in [-0.2, -0.15) is 13.2 Å². The van der Waals surface area contributed by atoms with E-state index in [2.05, 4.69) is 0 Å². The van der Waals surface area contributed by atoms with Gasteiger partial charge in [-0.3, -0.25) is 0 Å². The fourth-order valence-electron chi connectivity index (χ4n) is 0.124. The van der Waals surface area contributed by atoms with Crippen molar-refractivity contribution in [2.45, 2.75) is 14.9 Å². The van der Waals surface area contributed by atoms with Crippen molar-refractivity contribution in [1.82, 2.24) is 0 Å². The summed E-state index contributed by atoms with van der Waals surface area (Å²) >= 11 is 2.22. The zero-order chi connectivity index (χ0) is 8.58. The molecule has 0 nitrogen and oxygen atoms in total.